The van der Waals surface area contributed by atoms with Crippen molar-refractivity contribution in [3.8, 4) is 5.75 Å². The summed E-state index contributed by atoms with van der Waals surface area (Å²) in [6, 6.07) is 7.46. The van der Waals surface area contributed by atoms with Gasteiger partial charge >= 0.3 is 0 Å². The van der Waals surface area contributed by atoms with Gasteiger partial charge in [0.15, 0.2) is 12.1 Å². The molecule has 0 radical (unpaired) electrons. The fraction of sp³-hybridized carbons (Fsp3) is 0.370. The molecule has 3 aromatic rings. The number of likely N-dealkylation sites (tertiary alicyclic amines) is 1. The van der Waals surface area contributed by atoms with Gasteiger partial charge in [-0.2, -0.15) is 0 Å². The molecule has 0 saturated carbocycles. The number of carbonyl (C=O) groups is 1. The molecule has 2 aliphatic rings. The molecule has 1 amide bonds. The lowest BCUT2D eigenvalue weighted by Gasteiger charge is -2.24. The largest absolute Gasteiger partial charge is 0.463 e. The topological polar surface area (TPSA) is 88.6 Å². The number of benzene rings is 2. The van der Waals surface area contributed by atoms with E-state index < -0.39 is 23.8 Å². The number of halogens is 3. The van der Waals surface area contributed by atoms with E-state index in [1.165, 1.54) is 37.0 Å². The van der Waals surface area contributed by atoms with Crippen LogP contribution in [0.1, 0.15) is 32.1 Å². The Morgan fingerprint density at radius 1 is 1.18 bits per heavy atom. The number of hydrogen-bond donors (Lipinski definition) is 2. The molecule has 2 fully saturated rings. The summed E-state index contributed by atoms with van der Waals surface area (Å²) in [7, 11) is 0. The van der Waals surface area contributed by atoms with Crippen LogP contribution in [0.25, 0.3) is 10.9 Å². The smallest absolute Gasteiger partial charge is 0.284 e. The molecule has 2 N–H and O–H groups in total. The monoisotopic (exact) mass is 543 g/mol. The average Bonchev–Trinajstić information content (AvgIpc) is 3.44. The summed E-state index contributed by atoms with van der Waals surface area (Å²) in [5.74, 6) is -1.60. The van der Waals surface area contributed by atoms with Gasteiger partial charge in [0.2, 0.25) is 0 Å². The van der Waals surface area contributed by atoms with Gasteiger partial charge in [-0.15, -0.1) is 0 Å². The maximum atomic E-state index is 14.8. The van der Waals surface area contributed by atoms with Gasteiger partial charge in [-0.25, -0.2) is 18.7 Å². The van der Waals surface area contributed by atoms with E-state index in [-0.39, 0.29) is 10.7 Å². The van der Waals surface area contributed by atoms with Crippen molar-refractivity contribution < 1.29 is 23.0 Å². The predicted molar refractivity (Wildman–Crippen MR) is 142 cm³/mol. The molecule has 2 aromatic carbocycles. The van der Waals surface area contributed by atoms with E-state index in [2.05, 4.69) is 25.5 Å². The first-order chi connectivity index (χ1) is 18.5. The minimum atomic E-state index is -0.879. The number of anilines is 3. The molecule has 0 aliphatic carbocycles. The van der Waals surface area contributed by atoms with Gasteiger partial charge in [-0.3, -0.25) is 9.69 Å². The fourth-order valence-electron chi connectivity index (χ4n) is 4.50. The second-order valence-electron chi connectivity index (χ2n) is 9.27. The number of nitrogens with one attached hydrogen (secondary N) is 2. The highest BCUT2D eigenvalue weighted by molar-refractivity contribution is 6.31. The number of piperidine rings is 1. The van der Waals surface area contributed by atoms with Crippen LogP contribution in [0.3, 0.4) is 0 Å². The molecule has 1 aromatic heterocycles. The molecule has 2 aliphatic heterocycles. The summed E-state index contributed by atoms with van der Waals surface area (Å²) in [5, 5.41) is 6.22. The van der Waals surface area contributed by atoms with Gasteiger partial charge < -0.3 is 20.1 Å². The Bertz CT molecular complexity index is 1340. The van der Waals surface area contributed by atoms with Gasteiger partial charge in [0.1, 0.15) is 23.7 Å². The van der Waals surface area contributed by atoms with E-state index >= 15 is 0 Å². The minimum absolute atomic E-state index is 0.0413. The summed E-state index contributed by atoms with van der Waals surface area (Å²) < 4.78 is 40.0. The SMILES string of the molecule is O=C(Nc1cc2c(Nc3ccc(F)c(Cl)c3)ncnc2cc1O[C@H]1CCCO1)/C(F)=C\CN1CCCCC1. The summed E-state index contributed by atoms with van der Waals surface area (Å²) >= 11 is 5.92. The molecule has 11 heteroatoms. The van der Waals surface area contributed by atoms with Crippen molar-refractivity contribution in [3.63, 3.8) is 0 Å². The number of rotatable bonds is 8. The summed E-state index contributed by atoms with van der Waals surface area (Å²) in [6.45, 7) is 2.73. The molecule has 200 valence electrons. The van der Waals surface area contributed by atoms with Crippen molar-refractivity contribution in [1.29, 1.82) is 0 Å². The van der Waals surface area contributed by atoms with E-state index in [4.69, 9.17) is 21.1 Å². The first-order valence-electron chi connectivity index (χ1n) is 12.6. The predicted octanol–water partition coefficient (Wildman–Crippen LogP) is 5.96. The van der Waals surface area contributed by atoms with Crippen molar-refractivity contribution in [2.75, 3.05) is 36.9 Å². The molecular weight excluding hydrogens is 516 g/mol. The van der Waals surface area contributed by atoms with Crippen molar-refractivity contribution in [2.24, 2.45) is 0 Å². The second-order valence-corrected chi connectivity index (χ2v) is 9.68. The van der Waals surface area contributed by atoms with E-state index in [9.17, 15) is 13.6 Å². The molecule has 1 atom stereocenters. The molecular formula is C27H28ClF2N5O3. The molecule has 0 unspecified atom stereocenters. The average molecular weight is 544 g/mol. The van der Waals surface area contributed by atoms with Crippen LogP contribution in [-0.4, -0.2) is 53.3 Å². The third kappa shape index (κ3) is 6.38. The van der Waals surface area contributed by atoms with Crippen LogP contribution >= 0.6 is 11.6 Å². The molecule has 0 bridgehead atoms. The quantitative estimate of drug-likeness (QED) is 0.339. The van der Waals surface area contributed by atoms with Crippen LogP contribution in [0.5, 0.6) is 5.75 Å². The number of nitrogens with zero attached hydrogens (tertiary/aromatic N) is 3. The minimum Gasteiger partial charge on any atom is -0.463 e. The van der Waals surface area contributed by atoms with Crippen molar-refractivity contribution >= 4 is 45.6 Å². The second kappa shape index (κ2) is 12.0. The number of fused-ring (bicyclic) bond motifs is 1. The third-order valence-corrected chi connectivity index (χ3v) is 6.80. The van der Waals surface area contributed by atoms with E-state index in [1.54, 1.807) is 12.1 Å². The van der Waals surface area contributed by atoms with E-state index in [0.29, 0.717) is 47.7 Å². The Hall–Kier alpha value is -3.34. The van der Waals surface area contributed by atoms with Gasteiger partial charge in [-0.1, -0.05) is 18.0 Å². The Balaban J connectivity index is 1.43. The van der Waals surface area contributed by atoms with E-state index in [1.807, 2.05) is 0 Å². The van der Waals surface area contributed by atoms with Crippen LogP contribution in [0.4, 0.5) is 26.0 Å². The van der Waals surface area contributed by atoms with Gasteiger partial charge in [0.25, 0.3) is 5.91 Å². The maximum absolute atomic E-state index is 14.8. The molecule has 5 rings (SSSR count). The normalized spacial score (nSPS) is 18.5. The number of ether oxygens (including phenoxy) is 2. The van der Waals surface area contributed by atoms with Crippen LogP contribution < -0.4 is 15.4 Å². The van der Waals surface area contributed by atoms with Crippen molar-refractivity contribution in [3.05, 3.63) is 59.4 Å². The van der Waals surface area contributed by atoms with Gasteiger partial charge in [-0.05, 0) is 62.7 Å². The van der Waals surface area contributed by atoms with Crippen LogP contribution in [-0.2, 0) is 9.53 Å². The highest BCUT2D eigenvalue weighted by Crippen LogP contribution is 2.35. The van der Waals surface area contributed by atoms with Crippen molar-refractivity contribution in [1.82, 2.24) is 14.9 Å². The zero-order valence-electron chi connectivity index (χ0n) is 20.7. The standard InChI is InChI=1S/C27H28ClF2N5O3/c28-19-13-17(6-7-20(19)29)33-26-18-14-23(34-27(36)21(30)8-11-35-9-2-1-3-10-35)24(15-22(18)31-16-32-26)38-25-5-4-12-37-25/h6-8,13-16,25H,1-5,9-12H2,(H,34,36)(H,31,32,33)/b21-8+/t25-/m0/s1. The molecule has 8 nitrogen and oxygen atoms in total. The lowest BCUT2D eigenvalue weighted by Crippen LogP contribution is -2.30. The maximum Gasteiger partial charge on any atom is 0.284 e. The number of aromatic nitrogens is 2. The number of carbonyl (C=O) groups excluding carboxylic acids is 1. The fourth-order valence-corrected chi connectivity index (χ4v) is 4.68. The lowest BCUT2D eigenvalue weighted by atomic mass is 10.1. The van der Waals surface area contributed by atoms with Crippen LogP contribution in [0.15, 0.2) is 48.6 Å². The summed E-state index contributed by atoms with van der Waals surface area (Å²) in [5.41, 5.74) is 1.27. The molecule has 0 spiro atoms. The molecule has 38 heavy (non-hydrogen) atoms. The third-order valence-electron chi connectivity index (χ3n) is 6.51. The molecule has 2 saturated heterocycles. The van der Waals surface area contributed by atoms with Gasteiger partial charge in [0.05, 0.1) is 22.8 Å². The van der Waals surface area contributed by atoms with Gasteiger partial charge in [0, 0.05) is 30.1 Å². The Kier molecular flexibility index (Phi) is 8.31. The Morgan fingerprint density at radius 2 is 2.03 bits per heavy atom. The van der Waals surface area contributed by atoms with E-state index in [0.717, 1.165) is 32.4 Å². The first-order valence-corrected chi connectivity index (χ1v) is 13.0. The zero-order valence-corrected chi connectivity index (χ0v) is 21.4. The van der Waals surface area contributed by atoms with Crippen LogP contribution in [0, 0.1) is 5.82 Å². The highest BCUT2D eigenvalue weighted by atomic mass is 35.5. The summed E-state index contributed by atoms with van der Waals surface area (Å²) in [4.78, 5) is 23.5. The first kappa shape index (κ1) is 26.3. The lowest BCUT2D eigenvalue weighted by molar-refractivity contribution is -0.114. The zero-order chi connectivity index (χ0) is 26.5. The Labute approximate surface area is 224 Å². The molecule has 3 heterocycles. The van der Waals surface area contributed by atoms with Crippen LogP contribution in [0.2, 0.25) is 5.02 Å². The van der Waals surface area contributed by atoms with Crippen molar-refractivity contribution in [2.45, 2.75) is 38.4 Å². The Morgan fingerprint density at radius 3 is 2.79 bits per heavy atom. The highest BCUT2D eigenvalue weighted by Gasteiger charge is 2.22. The number of amides is 1. The summed E-state index contributed by atoms with van der Waals surface area (Å²) in [6.07, 6.45) is 7.05. The number of hydrogen-bond acceptors (Lipinski definition) is 7.